The van der Waals surface area contributed by atoms with Crippen molar-refractivity contribution in [2.45, 2.75) is 53.0 Å². The summed E-state index contributed by atoms with van der Waals surface area (Å²) < 4.78 is 0. The SMILES string of the molecule is C=C(CC(C)(C)C)N1CCC[C@H]1C(C)=O. The summed E-state index contributed by atoms with van der Waals surface area (Å²) in [5, 5.41) is 0. The molecule has 0 aromatic rings. The van der Waals surface area contributed by atoms with E-state index in [4.69, 9.17) is 0 Å². The molecular formula is C13H23NO. The van der Waals surface area contributed by atoms with E-state index < -0.39 is 0 Å². The Morgan fingerprint density at radius 1 is 1.47 bits per heavy atom. The van der Waals surface area contributed by atoms with Crippen LogP contribution >= 0.6 is 0 Å². The molecule has 86 valence electrons. The molecule has 0 amide bonds. The van der Waals surface area contributed by atoms with Gasteiger partial charge in [0.1, 0.15) is 0 Å². The molecule has 0 radical (unpaired) electrons. The fraction of sp³-hybridized carbons (Fsp3) is 0.769. The van der Waals surface area contributed by atoms with Crippen molar-refractivity contribution >= 4 is 5.78 Å². The van der Waals surface area contributed by atoms with E-state index in [1.807, 2.05) is 0 Å². The van der Waals surface area contributed by atoms with Crippen molar-refractivity contribution in [2.24, 2.45) is 5.41 Å². The predicted octanol–water partition coefficient (Wildman–Crippen LogP) is 2.99. The van der Waals surface area contributed by atoms with E-state index in [2.05, 4.69) is 32.3 Å². The summed E-state index contributed by atoms with van der Waals surface area (Å²) >= 11 is 0. The van der Waals surface area contributed by atoms with Gasteiger partial charge in [0.05, 0.1) is 6.04 Å². The Hall–Kier alpha value is -0.790. The Kier molecular flexibility index (Phi) is 3.58. The van der Waals surface area contributed by atoms with Crippen LogP contribution in [0.4, 0.5) is 0 Å². The number of hydrogen-bond donors (Lipinski definition) is 0. The van der Waals surface area contributed by atoms with E-state index in [9.17, 15) is 4.79 Å². The monoisotopic (exact) mass is 209 g/mol. The predicted molar refractivity (Wildman–Crippen MR) is 63.6 cm³/mol. The third kappa shape index (κ3) is 3.37. The van der Waals surface area contributed by atoms with Gasteiger partial charge in [0, 0.05) is 12.2 Å². The van der Waals surface area contributed by atoms with Crippen LogP contribution in [0, 0.1) is 5.41 Å². The standard InChI is InChI=1S/C13H23NO/c1-10(9-13(3,4)5)14-8-6-7-12(14)11(2)15/h12H,1,6-9H2,2-5H3/t12-/m0/s1. The average Bonchev–Trinajstić information content (AvgIpc) is 2.47. The summed E-state index contributed by atoms with van der Waals surface area (Å²) in [7, 11) is 0. The third-order valence-electron chi connectivity index (χ3n) is 2.86. The van der Waals surface area contributed by atoms with Crippen LogP contribution in [-0.2, 0) is 4.79 Å². The first-order chi connectivity index (χ1) is 6.81. The Morgan fingerprint density at radius 3 is 2.53 bits per heavy atom. The van der Waals surface area contributed by atoms with Crippen molar-refractivity contribution in [2.75, 3.05) is 6.54 Å². The first-order valence-corrected chi connectivity index (χ1v) is 5.76. The molecule has 2 nitrogen and oxygen atoms in total. The van der Waals surface area contributed by atoms with Crippen LogP contribution in [-0.4, -0.2) is 23.3 Å². The van der Waals surface area contributed by atoms with E-state index in [0.29, 0.717) is 0 Å². The van der Waals surface area contributed by atoms with Gasteiger partial charge in [-0.3, -0.25) is 4.79 Å². The zero-order valence-corrected chi connectivity index (χ0v) is 10.5. The molecule has 0 spiro atoms. The van der Waals surface area contributed by atoms with Gasteiger partial charge < -0.3 is 4.90 Å². The maximum atomic E-state index is 11.4. The lowest BCUT2D eigenvalue weighted by atomic mass is 9.90. The summed E-state index contributed by atoms with van der Waals surface area (Å²) in [5.41, 5.74) is 1.38. The number of carbonyl (C=O) groups is 1. The summed E-state index contributed by atoms with van der Waals surface area (Å²) in [6.07, 6.45) is 3.09. The molecular weight excluding hydrogens is 186 g/mol. The smallest absolute Gasteiger partial charge is 0.152 e. The molecule has 1 atom stereocenters. The van der Waals surface area contributed by atoms with Gasteiger partial charge >= 0.3 is 0 Å². The minimum absolute atomic E-state index is 0.0971. The molecule has 1 fully saturated rings. The summed E-state index contributed by atoms with van der Waals surface area (Å²) in [5.74, 6) is 0.280. The third-order valence-corrected chi connectivity index (χ3v) is 2.86. The normalized spacial score (nSPS) is 21.9. The molecule has 0 saturated carbocycles. The molecule has 1 saturated heterocycles. The minimum Gasteiger partial charge on any atom is -0.365 e. The molecule has 15 heavy (non-hydrogen) atoms. The van der Waals surface area contributed by atoms with Crippen LogP contribution in [0.2, 0.25) is 0 Å². The maximum Gasteiger partial charge on any atom is 0.152 e. The number of nitrogens with zero attached hydrogens (tertiary/aromatic N) is 1. The molecule has 0 aromatic carbocycles. The number of hydrogen-bond acceptors (Lipinski definition) is 2. The van der Waals surface area contributed by atoms with Crippen LogP contribution in [0.15, 0.2) is 12.3 Å². The van der Waals surface area contributed by atoms with Crippen molar-refractivity contribution in [3.05, 3.63) is 12.3 Å². The second kappa shape index (κ2) is 4.38. The highest BCUT2D eigenvalue weighted by Gasteiger charge is 2.29. The number of carbonyl (C=O) groups excluding carboxylic acids is 1. The summed E-state index contributed by atoms with van der Waals surface area (Å²) in [6, 6.07) is 0.0971. The fourth-order valence-corrected chi connectivity index (χ4v) is 2.28. The van der Waals surface area contributed by atoms with E-state index in [1.54, 1.807) is 6.92 Å². The molecule has 0 aliphatic carbocycles. The van der Waals surface area contributed by atoms with Crippen LogP contribution < -0.4 is 0 Å². The molecule has 0 aromatic heterocycles. The molecule has 0 unspecified atom stereocenters. The Balaban J connectivity index is 2.63. The lowest BCUT2D eigenvalue weighted by Gasteiger charge is -2.31. The van der Waals surface area contributed by atoms with Gasteiger partial charge in [-0.15, -0.1) is 0 Å². The van der Waals surface area contributed by atoms with Crippen LogP contribution in [0.5, 0.6) is 0 Å². The van der Waals surface area contributed by atoms with Crippen molar-refractivity contribution in [3.63, 3.8) is 0 Å². The molecule has 2 heteroatoms. The number of ketones is 1. The van der Waals surface area contributed by atoms with Crippen LogP contribution in [0.3, 0.4) is 0 Å². The number of allylic oxidation sites excluding steroid dienone is 1. The van der Waals surface area contributed by atoms with E-state index >= 15 is 0 Å². The van der Waals surface area contributed by atoms with Crippen molar-refractivity contribution < 1.29 is 4.79 Å². The van der Waals surface area contributed by atoms with Crippen molar-refractivity contribution in [1.82, 2.24) is 4.90 Å². The van der Waals surface area contributed by atoms with E-state index in [1.165, 1.54) is 0 Å². The first kappa shape index (κ1) is 12.3. The van der Waals surface area contributed by atoms with E-state index in [-0.39, 0.29) is 17.2 Å². The molecule has 1 aliphatic rings. The quantitative estimate of drug-likeness (QED) is 0.712. The highest BCUT2D eigenvalue weighted by molar-refractivity contribution is 5.82. The highest BCUT2D eigenvalue weighted by atomic mass is 16.1. The maximum absolute atomic E-state index is 11.4. The molecule has 1 heterocycles. The average molecular weight is 209 g/mol. The van der Waals surface area contributed by atoms with Crippen LogP contribution in [0.25, 0.3) is 0 Å². The van der Waals surface area contributed by atoms with Gasteiger partial charge in [-0.1, -0.05) is 27.4 Å². The highest BCUT2D eigenvalue weighted by Crippen LogP contribution is 2.30. The van der Waals surface area contributed by atoms with E-state index in [0.717, 1.165) is 31.5 Å². The lowest BCUT2D eigenvalue weighted by molar-refractivity contribution is -0.120. The van der Waals surface area contributed by atoms with Gasteiger partial charge in [-0.2, -0.15) is 0 Å². The topological polar surface area (TPSA) is 20.3 Å². The Morgan fingerprint density at radius 2 is 2.07 bits per heavy atom. The van der Waals surface area contributed by atoms with Gasteiger partial charge in [0.15, 0.2) is 5.78 Å². The summed E-state index contributed by atoms with van der Waals surface area (Å²) in [6.45, 7) is 13.4. The number of likely N-dealkylation sites (tertiary alicyclic amines) is 1. The van der Waals surface area contributed by atoms with Gasteiger partial charge in [-0.05, 0) is 31.6 Å². The number of Topliss-reactive ketones (excluding diaryl/α,β-unsaturated/α-hetero) is 1. The first-order valence-electron chi connectivity index (χ1n) is 5.76. The second-order valence-electron chi connectivity index (χ2n) is 5.77. The molecule has 0 bridgehead atoms. The second-order valence-corrected chi connectivity index (χ2v) is 5.77. The molecule has 0 N–H and O–H groups in total. The van der Waals surface area contributed by atoms with Gasteiger partial charge in [-0.25, -0.2) is 0 Å². The Labute approximate surface area is 93.3 Å². The zero-order chi connectivity index (χ0) is 11.6. The lowest BCUT2D eigenvalue weighted by Crippen LogP contribution is -2.34. The van der Waals surface area contributed by atoms with Gasteiger partial charge in [0.25, 0.3) is 0 Å². The minimum atomic E-state index is 0.0971. The summed E-state index contributed by atoms with van der Waals surface area (Å²) in [4.78, 5) is 13.6. The van der Waals surface area contributed by atoms with Gasteiger partial charge in [0.2, 0.25) is 0 Å². The molecule has 1 rings (SSSR count). The van der Waals surface area contributed by atoms with Crippen molar-refractivity contribution in [3.8, 4) is 0 Å². The van der Waals surface area contributed by atoms with Crippen LogP contribution in [0.1, 0.15) is 47.0 Å². The number of rotatable bonds is 3. The molecule has 1 aliphatic heterocycles. The fourth-order valence-electron chi connectivity index (χ4n) is 2.28. The Bertz CT molecular complexity index is 262. The largest absolute Gasteiger partial charge is 0.365 e. The zero-order valence-electron chi connectivity index (χ0n) is 10.5. The van der Waals surface area contributed by atoms with Crippen molar-refractivity contribution in [1.29, 1.82) is 0 Å².